The molecule has 25 heavy (non-hydrogen) atoms. The molecule has 10 heteroatoms. The van der Waals surface area contributed by atoms with Crippen molar-refractivity contribution in [3.8, 4) is 0 Å². The molecule has 0 unspecified atom stereocenters. The third kappa shape index (κ3) is 3.33. The molecule has 2 heterocycles. The number of nitrogens with zero attached hydrogens (tertiary/aromatic N) is 1. The first-order valence-electron chi connectivity index (χ1n) is 7.92. The van der Waals surface area contributed by atoms with Crippen molar-refractivity contribution in [3.05, 3.63) is 23.9 Å². The fourth-order valence-electron chi connectivity index (χ4n) is 2.85. The smallest absolute Gasteiger partial charge is 0.266 e. The number of carbonyl (C=O) groups excluding carboxylic acids is 1. The number of primary amides is 1. The molecule has 0 radical (unpaired) electrons. The number of carbonyl (C=O) groups is 1. The Bertz CT molecular complexity index is 887. The average molecular weight is 367 g/mol. The van der Waals surface area contributed by atoms with Crippen LogP contribution in [0.25, 0.3) is 10.9 Å². The highest BCUT2D eigenvalue weighted by Crippen LogP contribution is 2.31. The van der Waals surface area contributed by atoms with Gasteiger partial charge in [-0.1, -0.05) is 0 Å². The Morgan fingerprint density at radius 1 is 1.32 bits per heavy atom. The number of rotatable bonds is 6. The molecule has 6 N–H and O–H groups in total. The number of H-pyrrole nitrogens is 1. The second-order valence-electron chi connectivity index (χ2n) is 5.69. The molecule has 9 nitrogen and oxygen atoms in total. The zero-order valence-electron chi connectivity index (χ0n) is 13.6. The van der Waals surface area contributed by atoms with Crippen LogP contribution < -0.4 is 16.8 Å². The third-order valence-corrected chi connectivity index (χ3v) is 6.02. The van der Waals surface area contributed by atoms with Gasteiger partial charge in [0.25, 0.3) is 5.91 Å². The first kappa shape index (κ1) is 17.7. The summed E-state index contributed by atoms with van der Waals surface area (Å²) < 4.78 is 32.8. The van der Waals surface area contributed by atoms with E-state index in [4.69, 9.17) is 16.2 Å². The van der Waals surface area contributed by atoms with Gasteiger partial charge in [-0.3, -0.25) is 4.79 Å². The number of sulfonamides is 1. The van der Waals surface area contributed by atoms with E-state index in [0.29, 0.717) is 42.9 Å². The topological polar surface area (TPSA) is 144 Å². The number of hydrogen-bond donors (Lipinski definition) is 4. The Kier molecular flexibility index (Phi) is 4.95. The first-order chi connectivity index (χ1) is 11.9. The highest BCUT2D eigenvalue weighted by atomic mass is 32.2. The molecule has 0 aliphatic carbocycles. The van der Waals surface area contributed by atoms with E-state index in [0.717, 1.165) is 0 Å². The van der Waals surface area contributed by atoms with Crippen molar-refractivity contribution in [2.24, 2.45) is 11.5 Å². The van der Waals surface area contributed by atoms with E-state index in [9.17, 15) is 13.2 Å². The minimum atomic E-state index is -3.89. The Morgan fingerprint density at radius 2 is 2.04 bits per heavy atom. The van der Waals surface area contributed by atoms with Crippen LogP contribution >= 0.6 is 0 Å². The predicted molar refractivity (Wildman–Crippen MR) is 93.9 cm³/mol. The van der Waals surface area contributed by atoms with Crippen LogP contribution in [0.15, 0.2) is 23.1 Å². The molecule has 0 atom stereocenters. The molecular formula is C15H21N5O4S. The molecule has 3 rings (SSSR count). The van der Waals surface area contributed by atoms with Crippen molar-refractivity contribution in [1.29, 1.82) is 0 Å². The minimum absolute atomic E-state index is 0.0895. The van der Waals surface area contributed by atoms with Gasteiger partial charge in [-0.05, 0) is 18.2 Å². The SMILES string of the molecule is NCCNc1ccc2[nH]c(C(N)=O)c(S(=O)(=O)N3CCOCC3)c2c1. The van der Waals surface area contributed by atoms with E-state index >= 15 is 0 Å². The van der Waals surface area contributed by atoms with Crippen LogP contribution in [0.1, 0.15) is 10.5 Å². The molecule has 1 aliphatic rings. The lowest BCUT2D eigenvalue weighted by molar-refractivity contribution is 0.0730. The molecule has 1 aliphatic heterocycles. The van der Waals surface area contributed by atoms with Crippen molar-refractivity contribution >= 4 is 32.5 Å². The minimum Gasteiger partial charge on any atom is -0.384 e. The summed E-state index contributed by atoms with van der Waals surface area (Å²) in [5.41, 5.74) is 12.0. The van der Waals surface area contributed by atoms with Crippen molar-refractivity contribution in [3.63, 3.8) is 0 Å². The van der Waals surface area contributed by atoms with E-state index in [-0.39, 0.29) is 23.7 Å². The van der Waals surface area contributed by atoms with E-state index in [2.05, 4.69) is 10.3 Å². The van der Waals surface area contributed by atoms with Gasteiger partial charge in [-0.25, -0.2) is 8.42 Å². The molecule has 1 saturated heterocycles. The Labute approximate surface area is 145 Å². The first-order valence-corrected chi connectivity index (χ1v) is 9.36. The van der Waals surface area contributed by atoms with Gasteiger partial charge < -0.3 is 26.5 Å². The van der Waals surface area contributed by atoms with Crippen LogP contribution in [0, 0.1) is 0 Å². The lowest BCUT2D eigenvalue weighted by atomic mass is 10.2. The van der Waals surface area contributed by atoms with Crippen molar-refractivity contribution in [2.75, 3.05) is 44.7 Å². The zero-order valence-corrected chi connectivity index (χ0v) is 14.4. The predicted octanol–water partition coefficient (Wildman–Crippen LogP) is -0.342. The summed E-state index contributed by atoms with van der Waals surface area (Å²) in [6.07, 6.45) is 0. The number of nitrogens with one attached hydrogen (secondary N) is 2. The van der Waals surface area contributed by atoms with E-state index in [1.54, 1.807) is 18.2 Å². The van der Waals surface area contributed by atoms with Gasteiger partial charge in [-0.2, -0.15) is 4.31 Å². The number of hydrogen-bond acceptors (Lipinski definition) is 6. The molecule has 1 aromatic heterocycles. The molecule has 1 aromatic carbocycles. The van der Waals surface area contributed by atoms with Gasteiger partial charge in [0, 0.05) is 42.8 Å². The summed E-state index contributed by atoms with van der Waals surface area (Å²) in [5.74, 6) is -0.820. The van der Waals surface area contributed by atoms with Gasteiger partial charge in [0.05, 0.1) is 13.2 Å². The van der Waals surface area contributed by atoms with Crippen molar-refractivity contribution in [2.45, 2.75) is 4.90 Å². The summed E-state index contributed by atoms with van der Waals surface area (Å²) in [6.45, 7) is 2.09. The van der Waals surface area contributed by atoms with E-state index in [1.807, 2.05) is 0 Å². The maximum absolute atomic E-state index is 13.1. The second kappa shape index (κ2) is 7.00. The van der Waals surface area contributed by atoms with Gasteiger partial charge in [0.1, 0.15) is 10.6 Å². The summed E-state index contributed by atoms with van der Waals surface area (Å²) >= 11 is 0. The lowest BCUT2D eigenvalue weighted by Crippen LogP contribution is -2.41. The van der Waals surface area contributed by atoms with Crippen molar-refractivity contribution in [1.82, 2.24) is 9.29 Å². The average Bonchev–Trinajstić information content (AvgIpc) is 3.00. The molecule has 2 aromatic rings. The molecular weight excluding hydrogens is 346 g/mol. The molecule has 1 fully saturated rings. The number of ether oxygens (including phenoxy) is 1. The van der Waals surface area contributed by atoms with Crippen LogP contribution in [0.2, 0.25) is 0 Å². The third-order valence-electron chi connectivity index (χ3n) is 4.04. The number of amides is 1. The number of benzene rings is 1. The van der Waals surface area contributed by atoms with Crippen LogP contribution in [0.5, 0.6) is 0 Å². The van der Waals surface area contributed by atoms with Crippen LogP contribution in [0.4, 0.5) is 5.69 Å². The number of anilines is 1. The van der Waals surface area contributed by atoms with Crippen molar-refractivity contribution < 1.29 is 17.9 Å². The number of aromatic nitrogens is 1. The molecule has 0 spiro atoms. The van der Waals surface area contributed by atoms with Crippen LogP contribution in [-0.4, -0.2) is 63.0 Å². The van der Waals surface area contributed by atoms with E-state index < -0.39 is 15.9 Å². The number of fused-ring (bicyclic) bond motifs is 1. The molecule has 0 bridgehead atoms. The monoisotopic (exact) mass is 367 g/mol. The van der Waals surface area contributed by atoms with Crippen LogP contribution in [-0.2, 0) is 14.8 Å². The lowest BCUT2D eigenvalue weighted by Gasteiger charge is -2.26. The van der Waals surface area contributed by atoms with Gasteiger partial charge in [0.15, 0.2) is 0 Å². The molecule has 136 valence electrons. The number of morpholine rings is 1. The van der Waals surface area contributed by atoms with Gasteiger partial charge in [-0.15, -0.1) is 0 Å². The largest absolute Gasteiger partial charge is 0.384 e. The normalized spacial score (nSPS) is 16.2. The molecule has 1 amide bonds. The quantitative estimate of drug-likeness (QED) is 0.550. The summed E-state index contributed by atoms with van der Waals surface area (Å²) in [6, 6.07) is 5.17. The number of nitrogens with two attached hydrogens (primary N) is 2. The molecule has 0 saturated carbocycles. The zero-order chi connectivity index (χ0) is 18.0. The Morgan fingerprint density at radius 3 is 2.68 bits per heavy atom. The highest BCUT2D eigenvalue weighted by molar-refractivity contribution is 7.89. The summed E-state index contributed by atoms with van der Waals surface area (Å²) in [7, 11) is -3.89. The summed E-state index contributed by atoms with van der Waals surface area (Å²) in [4.78, 5) is 14.6. The highest BCUT2D eigenvalue weighted by Gasteiger charge is 2.33. The second-order valence-corrected chi connectivity index (χ2v) is 7.56. The number of aromatic amines is 1. The van der Waals surface area contributed by atoms with Gasteiger partial charge >= 0.3 is 0 Å². The van der Waals surface area contributed by atoms with E-state index in [1.165, 1.54) is 4.31 Å². The maximum atomic E-state index is 13.1. The summed E-state index contributed by atoms with van der Waals surface area (Å²) in [5, 5.41) is 3.52. The fourth-order valence-corrected chi connectivity index (χ4v) is 4.60. The fraction of sp³-hybridized carbons (Fsp3) is 0.400. The van der Waals surface area contributed by atoms with Crippen LogP contribution in [0.3, 0.4) is 0 Å². The Balaban J connectivity index is 2.15. The van der Waals surface area contributed by atoms with Gasteiger partial charge in [0.2, 0.25) is 10.0 Å². The standard InChI is InChI=1S/C15H21N5O4S/c16-3-4-18-10-1-2-12-11(9-10)14(13(19-12)15(17)21)25(22,23)20-5-7-24-8-6-20/h1-2,9,18-19H,3-8,16H2,(H2,17,21). The Hall–Kier alpha value is -2.14. The maximum Gasteiger partial charge on any atom is 0.266 e.